The molecular formula is C24H31N9OS. The molecule has 1 saturated heterocycles. The first-order valence-electron chi connectivity index (χ1n) is 11.9. The molecular weight excluding hydrogens is 462 g/mol. The molecule has 2 N–H and O–H groups in total. The average molecular weight is 494 g/mol. The van der Waals surface area contributed by atoms with Crippen LogP contribution in [0.4, 0.5) is 10.9 Å². The Labute approximate surface area is 209 Å². The molecule has 11 heteroatoms. The molecule has 0 saturated carbocycles. The van der Waals surface area contributed by atoms with E-state index in [0.29, 0.717) is 29.7 Å². The Kier molecular flexibility index (Phi) is 8.05. The van der Waals surface area contributed by atoms with Gasteiger partial charge < -0.3 is 10.6 Å². The summed E-state index contributed by atoms with van der Waals surface area (Å²) < 4.78 is 1.96. The van der Waals surface area contributed by atoms with Crippen LogP contribution in [0, 0.1) is 32.1 Å². The lowest BCUT2D eigenvalue weighted by molar-refractivity contribution is 0.0948. The van der Waals surface area contributed by atoms with Crippen molar-refractivity contribution in [2.75, 3.05) is 31.5 Å². The number of aromatic nitrogens is 5. The molecule has 0 unspecified atom stereocenters. The molecule has 3 aromatic heterocycles. The van der Waals surface area contributed by atoms with Crippen LogP contribution < -0.4 is 10.6 Å². The van der Waals surface area contributed by atoms with Gasteiger partial charge in [0.25, 0.3) is 5.91 Å². The Morgan fingerprint density at radius 1 is 1.23 bits per heavy atom. The predicted octanol–water partition coefficient (Wildman–Crippen LogP) is 3.32. The van der Waals surface area contributed by atoms with E-state index in [1.807, 2.05) is 37.6 Å². The van der Waals surface area contributed by atoms with Gasteiger partial charge in [-0.25, -0.2) is 15.0 Å². The number of aryl methyl sites for hydroxylation is 4. The molecule has 4 rings (SSSR count). The van der Waals surface area contributed by atoms with Gasteiger partial charge in [-0.1, -0.05) is 0 Å². The number of carbonyl (C=O) groups is 1. The van der Waals surface area contributed by atoms with E-state index in [9.17, 15) is 4.79 Å². The Morgan fingerprint density at radius 2 is 2.09 bits per heavy atom. The fourth-order valence-corrected chi connectivity index (χ4v) is 5.01. The first kappa shape index (κ1) is 24.8. The molecule has 0 bridgehead atoms. The Morgan fingerprint density at radius 3 is 2.86 bits per heavy atom. The third-order valence-corrected chi connectivity index (χ3v) is 6.70. The molecule has 1 atom stereocenters. The van der Waals surface area contributed by atoms with E-state index in [0.717, 1.165) is 61.8 Å². The van der Waals surface area contributed by atoms with Crippen LogP contribution in [0.15, 0.2) is 17.5 Å². The van der Waals surface area contributed by atoms with Crippen molar-refractivity contribution in [3.8, 4) is 6.07 Å². The van der Waals surface area contributed by atoms with Crippen LogP contribution in [-0.4, -0.2) is 61.7 Å². The third-order valence-electron chi connectivity index (χ3n) is 5.94. The van der Waals surface area contributed by atoms with E-state index in [-0.39, 0.29) is 11.8 Å². The van der Waals surface area contributed by atoms with Crippen LogP contribution in [0.2, 0.25) is 0 Å². The fraction of sp³-hybridized carbons (Fsp3) is 0.500. The number of carbonyl (C=O) groups excluding carboxylic acids is 1. The van der Waals surface area contributed by atoms with Crippen LogP contribution in [-0.2, 0) is 6.54 Å². The van der Waals surface area contributed by atoms with Crippen LogP contribution in [0.25, 0.3) is 0 Å². The number of nitriles is 1. The van der Waals surface area contributed by atoms with Gasteiger partial charge >= 0.3 is 0 Å². The zero-order valence-electron chi connectivity index (χ0n) is 20.4. The zero-order valence-corrected chi connectivity index (χ0v) is 21.2. The summed E-state index contributed by atoms with van der Waals surface area (Å²) in [5.74, 6) is 1.45. The van der Waals surface area contributed by atoms with Crippen LogP contribution in [0.1, 0.15) is 58.6 Å². The van der Waals surface area contributed by atoms with Crippen molar-refractivity contribution < 1.29 is 4.79 Å². The summed E-state index contributed by atoms with van der Waals surface area (Å²) in [5, 5.41) is 22.0. The maximum Gasteiger partial charge on any atom is 0.270 e. The predicted molar refractivity (Wildman–Crippen MR) is 135 cm³/mol. The van der Waals surface area contributed by atoms with Crippen molar-refractivity contribution in [3.05, 3.63) is 46.1 Å². The highest BCUT2D eigenvalue weighted by Crippen LogP contribution is 2.27. The van der Waals surface area contributed by atoms with E-state index < -0.39 is 0 Å². The van der Waals surface area contributed by atoms with Gasteiger partial charge in [-0.3, -0.25) is 14.4 Å². The van der Waals surface area contributed by atoms with E-state index in [4.69, 9.17) is 10.2 Å². The molecule has 10 nitrogen and oxygen atoms in total. The summed E-state index contributed by atoms with van der Waals surface area (Å²) in [5.41, 5.74) is 3.37. The SMILES string of the molecule is Cc1cc(Nc2nc(C(=O)NCCCn3nc(C)cc3C)cs2)nc([C@@H]2CCCN(CC#N)C2)n1. The van der Waals surface area contributed by atoms with Crippen molar-refractivity contribution in [1.82, 2.24) is 34.9 Å². The second-order valence-electron chi connectivity index (χ2n) is 8.91. The van der Waals surface area contributed by atoms with Crippen molar-refractivity contribution >= 4 is 28.2 Å². The van der Waals surface area contributed by atoms with Crippen molar-refractivity contribution in [1.29, 1.82) is 5.26 Å². The van der Waals surface area contributed by atoms with Gasteiger partial charge in [0, 0.05) is 48.4 Å². The van der Waals surface area contributed by atoms with Crippen LogP contribution in [0.3, 0.4) is 0 Å². The second kappa shape index (κ2) is 11.4. The number of thiazole rings is 1. The van der Waals surface area contributed by atoms with Gasteiger partial charge in [-0.15, -0.1) is 11.3 Å². The molecule has 0 aliphatic carbocycles. The minimum Gasteiger partial charge on any atom is -0.351 e. The molecule has 0 aromatic carbocycles. The number of hydrogen-bond donors (Lipinski definition) is 2. The quantitative estimate of drug-likeness (QED) is 0.344. The highest BCUT2D eigenvalue weighted by molar-refractivity contribution is 7.14. The van der Waals surface area contributed by atoms with Gasteiger partial charge in [0.1, 0.15) is 17.3 Å². The highest BCUT2D eigenvalue weighted by Gasteiger charge is 2.24. The number of hydrogen-bond acceptors (Lipinski definition) is 9. The maximum atomic E-state index is 12.5. The topological polar surface area (TPSA) is 125 Å². The van der Waals surface area contributed by atoms with Crippen LogP contribution >= 0.6 is 11.3 Å². The fourth-order valence-electron chi connectivity index (χ4n) is 4.32. The van der Waals surface area contributed by atoms with Gasteiger partial charge in [0.2, 0.25) is 0 Å². The van der Waals surface area contributed by atoms with Crippen LogP contribution in [0.5, 0.6) is 0 Å². The van der Waals surface area contributed by atoms with Crippen molar-refractivity contribution in [2.24, 2.45) is 0 Å². The van der Waals surface area contributed by atoms with Gasteiger partial charge in [-0.2, -0.15) is 10.4 Å². The molecule has 1 aliphatic heterocycles. The number of amides is 1. The molecule has 1 amide bonds. The number of nitrogens with one attached hydrogen (secondary N) is 2. The third kappa shape index (κ3) is 6.61. The molecule has 0 spiro atoms. The molecule has 1 aliphatic rings. The summed E-state index contributed by atoms with van der Waals surface area (Å²) in [7, 11) is 0. The number of piperidine rings is 1. The first-order valence-corrected chi connectivity index (χ1v) is 12.8. The van der Waals surface area contributed by atoms with Gasteiger partial charge in [0.15, 0.2) is 5.13 Å². The summed E-state index contributed by atoms with van der Waals surface area (Å²) in [6.45, 7) is 9.42. The van der Waals surface area contributed by atoms with E-state index in [1.165, 1.54) is 11.3 Å². The zero-order chi connectivity index (χ0) is 24.8. The Hall–Kier alpha value is -3.36. The summed E-state index contributed by atoms with van der Waals surface area (Å²) >= 11 is 1.37. The lowest BCUT2D eigenvalue weighted by Gasteiger charge is -2.30. The highest BCUT2D eigenvalue weighted by atomic mass is 32.1. The number of nitrogens with zero attached hydrogens (tertiary/aromatic N) is 7. The lowest BCUT2D eigenvalue weighted by Crippen LogP contribution is -2.35. The molecule has 3 aromatic rings. The monoisotopic (exact) mass is 493 g/mol. The maximum absolute atomic E-state index is 12.5. The molecule has 35 heavy (non-hydrogen) atoms. The lowest BCUT2D eigenvalue weighted by atomic mass is 9.97. The van der Waals surface area contributed by atoms with Gasteiger partial charge in [0.05, 0.1) is 18.3 Å². The molecule has 0 radical (unpaired) electrons. The first-order chi connectivity index (χ1) is 16.9. The standard InChI is InChI=1S/C24H31N9OS/c1-16-13-21(29-22(27-16)19-6-4-9-32(14-19)11-7-25)30-24-28-20(15-35-24)23(34)26-8-5-10-33-18(3)12-17(2)31-33/h12-13,15,19H,4-6,8-11,14H2,1-3H3,(H,26,34)(H,27,28,29,30)/t19-/m1/s1. The smallest absolute Gasteiger partial charge is 0.270 e. The number of likely N-dealkylation sites (tertiary alicyclic amines) is 1. The number of anilines is 2. The molecule has 4 heterocycles. The summed E-state index contributed by atoms with van der Waals surface area (Å²) in [4.78, 5) is 28.5. The van der Waals surface area contributed by atoms with Gasteiger partial charge in [-0.05, 0) is 52.6 Å². The summed E-state index contributed by atoms with van der Waals surface area (Å²) in [6, 6.07) is 6.15. The molecule has 184 valence electrons. The van der Waals surface area contributed by atoms with Crippen molar-refractivity contribution in [3.63, 3.8) is 0 Å². The minimum atomic E-state index is -0.193. The number of rotatable bonds is 9. The molecule has 1 fully saturated rings. The van der Waals surface area contributed by atoms with E-state index >= 15 is 0 Å². The Bertz CT molecular complexity index is 1210. The Balaban J connectivity index is 1.32. The minimum absolute atomic E-state index is 0.193. The summed E-state index contributed by atoms with van der Waals surface area (Å²) in [6.07, 6.45) is 2.82. The normalized spacial score (nSPS) is 16.1. The second-order valence-corrected chi connectivity index (χ2v) is 9.77. The largest absolute Gasteiger partial charge is 0.351 e. The average Bonchev–Trinajstić information content (AvgIpc) is 3.42. The van der Waals surface area contributed by atoms with Crippen molar-refractivity contribution in [2.45, 2.75) is 52.5 Å². The van der Waals surface area contributed by atoms with E-state index in [1.54, 1.807) is 5.38 Å². The van der Waals surface area contributed by atoms with E-state index in [2.05, 4.69) is 36.7 Å².